The number of carbonyl (C=O) groups is 2. The number of piperazine rings is 1. The maximum atomic E-state index is 13.7. The van der Waals surface area contributed by atoms with Gasteiger partial charge in [-0.1, -0.05) is 0 Å². The molecule has 1 aromatic rings. The summed E-state index contributed by atoms with van der Waals surface area (Å²) in [6.45, 7) is 6.51. The molecule has 1 aromatic carbocycles. The van der Waals surface area contributed by atoms with E-state index in [0.717, 1.165) is 12.1 Å². The Hall–Kier alpha value is -2.25. The summed E-state index contributed by atoms with van der Waals surface area (Å²) in [6.07, 6.45) is 0. The lowest BCUT2D eigenvalue weighted by molar-refractivity contribution is 0.0655. The first-order chi connectivity index (χ1) is 11.1. The maximum Gasteiger partial charge on any atom is 0.317 e. The van der Waals surface area contributed by atoms with Crippen molar-refractivity contribution in [2.45, 2.75) is 26.3 Å². The SMILES string of the molecule is CC(C)(C)NC(=O)N1CCN(C(=O)c2ccc(F)c(F)c2F)CC1. The minimum Gasteiger partial charge on any atom is -0.335 e. The van der Waals surface area contributed by atoms with Gasteiger partial charge in [0.2, 0.25) is 0 Å². The van der Waals surface area contributed by atoms with Crippen LogP contribution in [0, 0.1) is 17.5 Å². The molecule has 0 aromatic heterocycles. The second kappa shape index (κ2) is 6.70. The van der Waals surface area contributed by atoms with Gasteiger partial charge in [0, 0.05) is 31.7 Å². The van der Waals surface area contributed by atoms with Crippen molar-refractivity contribution >= 4 is 11.9 Å². The molecule has 0 saturated carbocycles. The number of rotatable bonds is 1. The Kier molecular flexibility index (Phi) is 5.05. The fourth-order valence-electron chi connectivity index (χ4n) is 2.37. The van der Waals surface area contributed by atoms with E-state index in [1.807, 2.05) is 20.8 Å². The van der Waals surface area contributed by atoms with Gasteiger partial charge in [-0.15, -0.1) is 0 Å². The highest BCUT2D eigenvalue weighted by molar-refractivity contribution is 5.94. The van der Waals surface area contributed by atoms with E-state index >= 15 is 0 Å². The summed E-state index contributed by atoms with van der Waals surface area (Å²) in [4.78, 5) is 27.2. The number of urea groups is 1. The zero-order chi connectivity index (χ0) is 18.1. The van der Waals surface area contributed by atoms with Crippen molar-refractivity contribution < 1.29 is 22.8 Å². The number of halogens is 3. The summed E-state index contributed by atoms with van der Waals surface area (Å²) in [7, 11) is 0. The summed E-state index contributed by atoms with van der Waals surface area (Å²) in [6, 6.07) is 1.40. The lowest BCUT2D eigenvalue weighted by Crippen LogP contribution is -2.56. The van der Waals surface area contributed by atoms with Crippen LogP contribution in [-0.2, 0) is 0 Å². The molecule has 0 bridgehead atoms. The molecule has 24 heavy (non-hydrogen) atoms. The van der Waals surface area contributed by atoms with E-state index in [-0.39, 0.29) is 37.7 Å². The van der Waals surface area contributed by atoms with Crippen LogP contribution in [0.1, 0.15) is 31.1 Å². The molecule has 1 fully saturated rings. The van der Waals surface area contributed by atoms with Gasteiger partial charge < -0.3 is 15.1 Å². The Balaban J connectivity index is 2.01. The molecule has 3 amide bonds. The van der Waals surface area contributed by atoms with Crippen molar-refractivity contribution in [2.24, 2.45) is 0 Å². The van der Waals surface area contributed by atoms with Crippen LogP contribution < -0.4 is 5.32 Å². The van der Waals surface area contributed by atoms with Crippen LogP contribution in [0.5, 0.6) is 0 Å². The maximum absolute atomic E-state index is 13.7. The van der Waals surface area contributed by atoms with E-state index in [0.29, 0.717) is 0 Å². The third-order valence-corrected chi connectivity index (χ3v) is 3.60. The van der Waals surface area contributed by atoms with Crippen LogP contribution in [0.25, 0.3) is 0 Å². The molecule has 0 unspecified atom stereocenters. The van der Waals surface area contributed by atoms with E-state index < -0.39 is 28.9 Å². The predicted molar refractivity (Wildman–Crippen MR) is 82.1 cm³/mol. The van der Waals surface area contributed by atoms with Gasteiger partial charge in [0.1, 0.15) is 0 Å². The van der Waals surface area contributed by atoms with Crippen LogP contribution in [-0.4, -0.2) is 53.5 Å². The van der Waals surface area contributed by atoms with Crippen LogP contribution in [0.4, 0.5) is 18.0 Å². The molecule has 2 rings (SSSR count). The van der Waals surface area contributed by atoms with Crippen molar-refractivity contribution in [2.75, 3.05) is 26.2 Å². The first kappa shape index (κ1) is 18.1. The largest absolute Gasteiger partial charge is 0.335 e. The third-order valence-electron chi connectivity index (χ3n) is 3.60. The minimum atomic E-state index is -1.66. The van der Waals surface area contributed by atoms with Gasteiger partial charge in [0.05, 0.1) is 5.56 Å². The highest BCUT2D eigenvalue weighted by atomic mass is 19.2. The zero-order valence-electron chi connectivity index (χ0n) is 13.8. The molecule has 1 aliphatic heterocycles. The van der Waals surface area contributed by atoms with E-state index in [2.05, 4.69) is 5.32 Å². The van der Waals surface area contributed by atoms with Crippen molar-refractivity contribution in [3.8, 4) is 0 Å². The Morgan fingerprint density at radius 3 is 2.04 bits per heavy atom. The molecular weight excluding hydrogens is 323 g/mol. The van der Waals surface area contributed by atoms with E-state index in [1.165, 1.54) is 4.90 Å². The van der Waals surface area contributed by atoms with Crippen molar-refractivity contribution in [3.63, 3.8) is 0 Å². The highest BCUT2D eigenvalue weighted by Crippen LogP contribution is 2.18. The highest BCUT2D eigenvalue weighted by Gasteiger charge is 2.29. The molecule has 1 saturated heterocycles. The van der Waals surface area contributed by atoms with Crippen LogP contribution >= 0.6 is 0 Å². The average Bonchev–Trinajstić information content (AvgIpc) is 2.51. The van der Waals surface area contributed by atoms with Gasteiger partial charge in [0.15, 0.2) is 17.5 Å². The smallest absolute Gasteiger partial charge is 0.317 e. The van der Waals surface area contributed by atoms with Gasteiger partial charge in [-0.25, -0.2) is 18.0 Å². The zero-order valence-corrected chi connectivity index (χ0v) is 13.8. The van der Waals surface area contributed by atoms with Gasteiger partial charge in [0.25, 0.3) is 5.91 Å². The molecular formula is C16H20F3N3O2. The number of carbonyl (C=O) groups excluding carboxylic acids is 2. The molecule has 0 aliphatic carbocycles. The monoisotopic (exact) mass is 343 g/mol. The molecule has 5 nitrogen and oxygen atoms in total. The fraction of sp³-hybridized carbons (Fsp3) is 0.500. The first-order valence-electron chi connectivity index (χ1n) is 7.60. The molecule has 0 radical (unpaired) electrons. The summed E-state index contributed by atoms with van der Waals surface area (Å²) >= 11 is 0. The number of hydrogen-bond donors (Lipinski definition) is 1. The molecule has 8 heteroatoms. The topological polar surface area (TPSA) is 52.7 Å². The fourth-order valence-corrected chi connectivity index (χ4v) is 2.37. The predicted octanol–water partition coefficient (Wildman–Crippen LogP) is 2.37. The Labute approximate surface area is 138 Å². The van der Waals surface area contributed by atoms with E-state index in [1.54, 1.807) is 4.90 Å². The molecule has 0 spiro atoms. The van der Waals surface area contributed by atoms with Crippen LogP contribution in [0.2, 0.25) is 0 Å². The van der Waals surface area contributed by atoms with Crippen LogP contribution in [0.15, 0.2) is 12.1 Å². The lowest BCUT2D eigenvalue weighted by atomic mass is 10.1. The first-order valence-corrected chi connectivity index (χ1v) is 7.60. The van der Waals surface area contributed by atoms with Crippen molar-refractivity contribution in [1.82, 2.24) is 15.1 Å². The number of amides is 3. The average molecular weight is 343 g/mol. The van der Waals surface area contributed by atoms with Crippen LogP contribution in [0.3, 0.4) is 0 Å². The number of hydrogen-bond acceptors (Lipinski definition) is 2. The minimum absolute atomic E-state index is 0.189. The van der Waals surface area contributed by atoms with Gasteiger partial charge in [-0.3, -0.25) is 4.79 Å². The molecule has 1 N–H and O–H groups in total. The third kappa shape index (κ3) is 3.98. The van der Waals surface area contributed by atoms with E-state index in [9.17, 15) is 22.8 Å². The van der Waals surface area contributed by atoms with Crippen molar-refractivity contribution in [3.05, 3.63) is 35.1 Å². The second-order valence-electron chi connectivity index (χ2n) is 6.68. The van der Waals surface area contributed by atoms with Gasteiger partial charge in [-0.2, -0.15) is 0 Å². The second-order valence-corrected chi connectivity index (χ2v) is 6.68. The summed E-state index contributed by atoms with van der Waals surface area (Å²) in [5, 5.41) is 2.82. The Morgan fingerprint density at radius 2 is 1.50 bits per heavy atom. The molecule has 132 valence electrons. The van der Waals surface area contributed by atoms with Crippen molar-refractivity contribution in [1.29, 1.82) is 0 Å². The summed E-state index contributed by atoms with van der Waals surface area (Å²) < 4.78 is 39.9. The quantitative estimate of drug-likeness (QED) is 0.796. The molecule has 1 heterocycles. The van der Waals surface area contributed by atoms with E-state index in [4.69, 9.17) is 0 Å². The number of benzene rings is 1. The van der Waals surface area contributed by atoms with Gasteiger partial charge in [-0.05, 0) is 32.9 Å². The number of nitrogens with one attached hydrogen (secondary N) is 1. The van der Waals surface area contributed by atoms with Gasteiger partial charge >= 0.3 is 6.03 Å². The molecule has 1 aliphatic rings. The Morgan fingerprint density at radius 1 is 0.958 bits per heavy atom. The Bertz CT molecular complexity index is 651. The normalized spacial score (nSPS) is 15.4. The lowest BCUT2D eigenvalue weighted by Gasteiger charge is -2.36. The summed E-state index contributed by atoms with van der Waals surface area (Å²) in [5.41, 5.74) is -0.889. The number of nitrogens with zero attached hydrogens (tertiary/aromatic N) is 2. The summed E-state index contributed by atoms with van der Waals surface area (Å²) in [5.74, 6) is -5.22. The standard InChI is InChI=1S/C16H20F3N3O2/c1-16(2,3)20-15(24)22-8-6-21(7-9-22)14(23)10-4-5-11(17)13(19)12(10)18/h4-5H,6-9H2,1-3H3,(H,20,24). The molecule has 0 atom stereocenters.